The highest BCUT2D eigenvalue weighted by Crippen LogP contribution is 1.97. The summed E-state index contributed by atoms with van der Waals surface area (Å²) >= 11 is 0. The molecule has 1 N–H and O–H groups in total. The standard InChI is InChI=1S/C17H41N3OSi/c1-5-8-16-21-22-17-20(14-9-12-18-11-6-2)15-10-13-19(4)7-3/h18H,5-17,22H2,1-4H3. The number of hydrogen-bond acceptors (Lipinski definition) is 4. The lowest BCUT2D eigenvalue weighted by Gasteiger charge is -2.23. The van der Waals surface area contributed by atoms with Crippen LogP contribution in [0.2, 0.25) is 0 Å². The number of rotatable bonds is 17. The highest BCUT2D eigenvalue weighted by atomic mass is 28.2. The van der Waals surface area contributed by atoms with E-state index in [1.165, 1.54) is 57.9 Å². The van der Waals surface area contributed by atoms with E-state index in [4.69, 9.17) is 4.43 Å². The van der Waals surface area contributed by atoms with Crippen LogP contribution >= 0.6 is 0 Å². The topological polar surface area (TPSA) is 27.7 Å². The van der Waals surface area contributed by atoms with E-state index in [0.717, 1.165) is 26.2 Å². The van der Waals surface area contributed by atoms with Gasteiger partial charge in [-0.2, -0.15) is 0 Å². The quantitative estimate of drug-likeness (QED) is 0.325. The Morgan fingerprint density at radius 2 is 1.68 bits per heavy atom. The minimum atomic E-state index is -0.361. The molecule has 4 nitrogen and oxygen atoms in total. The van der Waals surface area contributed by atoms with Crippen molar-refractivity contribution < 1.29 is 4.43 Å². The maximum absolute atomic E-state index is 5.87. The van der Waals surface area contributed by atoms with E-state index in [2.05, 4.69) is 42.9 Å². The summed E-state index contributed by atoms with van der Waals surface area (Å²) in [4.78, 5) is 5.03. The highest BCUT2D eigenvalue weighted by Gasteiger charge is 2.06. The predicted molar refractivity (Wildman–Crippen MR) is 101 cm³/mol. The van der Waals surface area contributed by atoms with Gasteiger partial charge in [0.05, 0.1) is 0 Å². The van der Waals surface area contributed by atoms with Crippen molar-refractivity contribution in [3.05, 3.63) is 0 Å². The normalized spacial score (nSPS) is 12.3. The van der Waals surface area contributed by atoms with Gasteiger partial charge >= 0.3 is 0 Å². The van der Waals surface area contributed by atoms with Gasteiger partial charge in [-0.3, -0.25) is 0 Å². The fourth-order valence-corrected chi connectivity index (χ4v) is 3.57. The second-order valence-electron chi connectivity index (χ2n) is 6.16. The van der Waals surface area contributed by atoms with Crippen LogP contribution in [0.4, 0.5) is 0 Å². The summed E-state index contributed by atoms with van der Waals surface area (Å²) in [6, 6.07) is 0. The summed E-state index contributed by atoms with van der Waals surface area (Å²) in [6.07, 6.45) is 7.43. The van der Waals surface area contributed by atoms with E-state index in [-0.39, 0.29) is 9.76 Å². The Hall–Kier alpha value is 0.0569. The van der Waals surface area contributed by atoms with Crippen LogP contribution < -0.4 is 5.32 Å². The first-order valence-corrected chi connectivity index (χ1v) is 11.0. The Bertz CT molecular complexity index is 206. The van der Waals surface area contributed by atoms with Gasteiger partial charge in [0.1, 0.15) is 0 Å². The molecule has 0 saturated heterocycles. The Morgan fingerprint density at radius 1 is 0.909 bits per heavy atom. The Labute approximate surface area is 141 Å². The average Bonchev–Trinajstić information content (AvgIpc) is 2.53. The molecule has 0 aliphatic rings. The second kappa shape index (κ2) is 17.4. The molecule has 0 saturated carbocycles. The largest absolute Gasteiger partial charge is 0.423 e. The van der Waals surface area contributed by atoms with E-state index in [9.17, 15) is 0 Å². The molecule has 0 fully saturated rings. The third-order valence-corrected chi connectivity index (χ3v) is 5.40. The third kappa shape index (κ3) is 15.0. The van der Waals surface area contributed by atoms with E-state index in [0.29, 0.717) is 0 Å². The lowest BCUT2D eigenvalue weighted by atomic mass is 10.3. The summed E-state index contributed by atoms with van der Waals surface area (Å²) < 4.78 is 5.87. The molecule has 0 atom stereocenters. The molecule has 0 spiro atoms. The second-order valence-corrected chi connectivity index (χ2v) is 7.42. The molecule has 22 heavy (non-hydrogen) atoms. The lowest BCUT2D eigenvalue weighted by molar-refractivity contribution is 0.254. The first-order chi connectivity index (χ1) is 10.7. The molecular weight excluding hydrogens is 290 g/mol. The van der Waals surface area contributed by atoms with Crippen LogP contribution in [0.15, 0.2) is 0 Å². The first kappa shape index (κ1) is 22.1. The smallest absolute Gasteiger partial charge is 0.175 e. The van der Waals surface area contributed by atoms with Gasteiger partial charge in [-0.05, 0) is 72.0 Å². The van der Waals surface area contributed by atoms with Gasteiger partial charge in [-0.15, -0.1) is 0 Å². The summed E-state index contributed by atoms with van der Waals surface area (Å²) in [6.45, 7) is 14.8. The van der Waals surface area contributed by atoms with Crippen LogP contribution in [0.25, 0.3) is 0 Å². The van der Waals surface area contributed by atoms with Gasteiger partial charge in [0.15, 0.2) is 9.76 Å². The molecular formula is C17H41N3OSi. The SMILES string of the molecule is CCCCO[SiH2]CN(CCCNCCC)CCCN(C)CC. The van der Waals surface area contributed by atoms with Crippen LogP contribution in [0.3, 0.4) is 0 Å². The fraction of sp³-hybridized carbons (Fsp3) is 1.00. The van der Waals surface area contributed by atoms with Gasteiger partial charge < -0.3 is 19.5 Å². The Kier molecular flexibility index (Phi) is 17.5. The van der Waals surface area contributed by atoms with Crippen LogP contribution in [-0.2, 0) is 4.43 Å². The molecule has 0 radical (unpaired) electrons. The predicted octanol–water partition coefficient (Wildman–Crippen LogP) is 1.88. The average molecular weight is 332 g/mol. The van der Waals surface area contributed by atoms with E-state index >= 15 is 0 Å². The fourth-order valence-electron chi connectivity index (χ4n) is 2.33. The summed E-state index contributed by atoms with van der Waals surface area (Å²) in [5, 5.41) is 3.50. The number of nitrogens with zero attached hydrogens (tertiary/aromatic N) is 2. The molecule has 0 unspecified atom stereocenters. The van der Waals surface area contributed by atoms with Crippen LogP contribution in [0, 0.1) is 0 Å². The molecule has 0 amide bonds. The van der Waals surface area contributed by atoms with Crippen molar-refractivity contribution in [1.29, 1.82) is 0 Å². The van der Waals surface area contributed by atoms with E-state index < -0.39 is 0 Å². The molecule has 0 aromatic carbocycles. The third-order valence-electron chi connectivity index (χ3n) is 4.00. The van der Waals surface area contributed by atoms with Gasteiger partial charge in [0.25, 0.3) is 0 Å². The number of nitrogens with one attached hydrogen (secondary N) is 1. The summed E-state index contributed by atoms with van der Waals surface area (Å²) in [7, 11) is 1.85. The molecule has 0 aliphatic heterocycles. The molecule has 0 heterocycles. The highest BCUT2D eigenvalue weighted by molar-refractivity contribution is 6.27. The molecule has 0 rings (SSSR count). The zero-order valence-corrected chi connectivity index (χ0v) is 17.1. The van der Waals surface area contributed by atoms with Crippen LogP contribution in [0.1, 0.15) is 52.9 Å². The minimum absolute atomic E-state index is 0.361. The van der Waals surface area contributed by atoms with E-state index in [1.807, 2.05) is 0 Å². The van der Waals surface area contributed by atoms with Crippen LogP contribution in [-0.4, -0.2) is 78.7 Å². The van der Waals surface area contributed by atoms with Crippen molar-refractivity contribution in [3.63, 3.8) is 0 Å². The summed E-state index contributed by atoms with van der Waals surface area (Å²) in [5.74, 6) is 0. The molecule has 0 aromatic heterocycles. The van der Waals surface area contributed by atoms with Crippen molar-refractivity contribution in [2.45, 2.75) is 52.9 Å². The van der Waals surface area contributed by atoms with Gasteiger partial charge in [0, 0.05) is 12.8 Å². The van der Waals surface area contributed by atoms with Crippen molar-refractivity contribution in [2.75, 3.05) is 59.1 Å². The maximum Gasteiger partial charge on any atom is 0.175 e. The monoisotopic (exact) mass is 331 g/mol. The maximum atomic E-state index is 5.87. The van der Waals surface area contributed by atoms with Crippen molar-refractivity contribution in [1.82, 2.24) is 15.1 Å². The summed E-state index contributed by atoms with van der Waals surface area (Å²) in [5.41, 5.74) is 0. The lowest BCUT2D eigenvalue weighted by Crippen LogP contribution is -2.34. The first-order valence-electron chi connectivity index (χ1n) is 9.43. The zero-order valence-electron chi connectivity index (χ0n) is 15.7. The van der Waals surface area contributed by atoms with Crippen molar-refractivity contribution in [3.8, 4) is 0 Å². The number of hydrogen-bond donors (Lipinski definition) is 1. The van der Waals surface area contributed by atoms with Gasteiger partial charge in [-0.1, -0.05) is 27.2 Å². The van der Waals surface area contributed by atoms with Gasteiger partial charge in [-0.25, -0.2) is 0 Å². The van der Waals surface area contributed by atoms with Crippen molar-refractivity contribution in [2.24, 2.45) is 0 Å². The van der Waals surface area contributed by atoms with Gasteiger partial charge in [0.2, 0.25) is 0 Å². The molecule has 134 valence electrons. The number of unbranched alkanes of at least 4 members (excludes halogenated alkanes) is 1. The Morgan fingerprint density at radius 3 is 2.36 bits per heavy atom. The van der Waals surface area contributed by atoms with Crippen molar-refractivity contribution >= 4 is 9.76 Å². The van der Waals surface area contributed by atoms with E-state index in [1.54, 1.807) is 0 Å². The Balaban J connectivity index is 3.81. The van der Waals surface area contributed by atoms with Crippen LogP contribution in [0.5, 0.6) is 0 Å². The zero-order chi connectivity index (χ0) is 16.5. The molecule has 0 aliphatic carbocycles. The minimum Gasteiger partial charge on any atom is -0.423 e. The molecule has 0 aromatic rings. The molecule has 0 bridgehead atoms. The molecule has 5 heteroatoms.